The molecule has 1 saturated carbocycles. The maximum Gasteiger partial charge on any atom is 0.302 e. The van der Waals surface area contributed by atoms with Gasteiger partial charge in [-0.2, -0.15) is 0 Å². The van der Waals surface area contributed by atoms with Gasteiger partial charge in [-0.25, -0.2) is 0 Å². The lowest BCUT2D eigenvalue weighted by Gasteiger charge is -2.15. The number of hydrogen-bond donors (Lipinski definition) is 0. The minimum atomic E-state index is -0.145. The van der Waals surface area contributed by atoms with Crippen LogP contribution in [0.2, 0.25) is 0 Å². The number of rotatable bonds is 2. The lowest BCUT2D eigenvalue weighted by molar-refractivity contribution is -0.146. The van der Waals surface area contributed by atoms with Crippen LogP contribution in [0.4, 0.5) is 0 Å². The zero-order chi connectivity index (χ0) is 12.1. The van der Waals surface area contributed by atoms with Crippen molar-refractivity contribution in [2.75, 3.05) is 0 Å². The molecule has 2 nitrogen and oxygen atoms in total. The molecule has 1 aliphatic rings. The smallest absolute Gasteiger partial charge is 0.302 e. The maximum absolute atomic E-state index is 11.0. The third kappa shape index (κ3) is 3.58. The Hall–Kier alpha value is -1.31. The number of esters is 1. The maximum atomic E-state index is 11.0. The standard InChI is InChI=1S/C15H20O2/c1-12(16)17-15-9-5-8-14(10-11-15)13-6-3-2-4-7-13/h2-4,6-7,14-15H,5,8-11H2,1H3. The average molecular weight is 232 g/mol. The molecular formula is C15H20O2. The summed E-state index contributed by atoms with van der Waals surface area (Å²) in [6.07, 6.45) is 5.64. The van der Waals surface area contributed by atoms with Gasteiger partial charge in [0, 0.05) is 6.92 Å². The van der Waals surface area contributed by atoms with Gasteiger partial charge in [0.25, 0.3) is 0 Å². The normalized spacial score (nSPS) is 25.0. The summed E-state index contributed by atoms with van der Waals surface area (Å²) in [6, 6.07) is 10.7. The Balaban J connectivity index is 1.94. The van der Waals surface area contributed by atoms with E-state index in [1.807, 2.05) is 0 Å². The molecule has 1 fully saturated rings. The van der Waals surface area contributed by atoms with Crippen LogP contribution in [0.25, 0.3) is 0 Å². The molecule has 2 unspecified atom stereocenters. The van der Waals surface area contributed by atoms with Crippen molar-refractivity contribution in [3.05, 3.63) is 35.9 Å². The molecule has 17 heavy (non-hydrogen) atoms. The Morgan fingerprint density at radius 2 is 1.88 bits per heavy atom. The second kappa shape index (κ2) is 5.85. The molecule has 92 valence electrons. The van der Waals surface area contributed by atoms with Gasteiger partial charge in [0.05, 0.1) is 0 Å². The van der Waals surface area contributed by atoms with E-state index in [1.165, 1.54) is 18.9 Å². The molecular weight excluding hydrogens is 212 g/mol. The molecule has 2 rings (SSSR count). The summed E-state index contributed by atoms with van der Waals surface area (Å²) < 4.78 is 5.32. The van der Waals surface area contributed by atoms with E-state index >= 15 is 0 Å². The van der Waals surface area contributed by atoms with E-state index in [4.69, 9.17) is 4.74 Å². The van der Waals surface area contributed by atoms with Crippen molar-refractivity contribution < 1.29 is 9.53 Å². The molecule has 0 saturated heterocycles. The Kier molecular flexibility index (Phi) is 4.18. The van der Waals surface area contributed by atoms with Crippen molar-refractivity contribution in [1.29, 1.82) is 0 Å². The van der Waals surface area contributed by atoms with Crippen molar-refractivity contribution in [2.24, 2.45) is 0 Å². The molecule has 2 heteroatoms. The van der Waals surface area contributed by atoms with Crippen LogP contribution in [-0.4, -0.2) is 12.1 Å². The SMILES string of the molecule is CC(=O)OC1CCCC(c2ccccc2)CC1. The molecule has 0 radical (unpaired) electrons. The molecule has 0 bridgehead atoms. The predicted molar refractivity (Wildman–Crippen MR) is 67.8 cm³/mol. The highest BCUT2D eigenvalue weighted by atomic mass is 16.5. The monoisotopic (exact) mass is 232 g/mol. The third-order valence-corrected chi connectivity index (χ3v) is 3.52. The van der Waals surface area contributed by atoms with Crippen molar-refractivity contribution >= 4 is 5.97 Å². The van der Waals surface area contributed by atoms with E-state index in [2.05, 4.69) is 30.3 Å². The zero-order valence-corrected chi connectivity index (χ0v) is 10.4. The number of carbonyl (C=O) groups is 1. The fourth-order valence-electron chi connectivity index (χ4n) is 2.68. The summed E-state index contributed by atoms with van der Waals surface area (Å²) in [6.45, 7) is 1.50. The first-order valence-electron chi connectivity index (χ1n) is 6.48. The molecule has 0 aromatic heterocycles. The minimum absolute atomic E-state index is 0.140. The summed E-state index contributed by atoms with van der Waals surface area (Å²) in [5.74, 6) is 0.491. The lowest BCUT2D eigenvalue weighted by atomic mass is 9.92. The van der Waals surface area contributed by atoms with Crippen LogP contribution in [0.15, 0.2) is 30.3 Å². The second-order valence-electron chi connectivity index (χ2n) is 4.85. The van der Waals surface area contributed by atoms with Gasteiger partial charge in [-0.15, -0.1) is 0 Å². The quantitative estimate of drug-likeness (QED) is 0.574. The molecule has 0 amide bonds. The van der Waals surface area contributed by atoms with Gasteiger partial charge >= 0.3 is 5.97 Å². The van der Waals surface area contributed by atoms with E-state index in [0.29, 0.717) is 5.92 Å². The summed E-state index contributed by atoms with van der Waals surface area (Å²) in [5, 5.41) is 0. The van der Waals surface area contributed by atoms with E-state index in [0.717, 1.165) is 25.7 Å². The van der Waals surface area contributed by atoms with E-state index < -0.39 is 0 Å². The third-order valence-electron chi connectivity index (χ3n) is 3.52. The van der Waals surface area contributed by atoms with Crippen LogP contribution in [0.5, 0.6) is 0 Å². The van der Waals surface area contributed by atoms with Crippen LogP contribution in [-0.2, 0) is 9.53 Å². The molecule has 1 aliphatic carbocycles. The molecule has 1 aromatic carbocycles. The summed E-state index contributed by atoms with van der Waals surface area (Å²) in [7, 11) is 0. The topological polar surface area (TPSA) is 26.3 Å². The van der Waals surface area contributed by atoms with E-state index in [9.17, 15) is 4.79 Å². The average Bonchev–Trinajstić information content (AvgIpc) is 2.55. The predicted octanol–water partition coefficient (Wildman–Crippen LogP) is 3.67. The van der Waals surface area contributed by atoms with Crippen LogP contribution in [0.1, 0.15) is 50.5 Å². The summed E-state index contributed by atoms with van der Waals surface area (Å²) in [5.41, 5.74) is 1.43. The second-order valence-corrected chi connectivity index (χ2v) is 4.85. The Labute approximate surface area is 103 Å². The van der Waals surface area contributed by atoms with Crippen LogP contribution >= 0.6 is 0 Å². The van der Waals surface area contributed by atoms with Crippen molar-refractivity contribution in [1.82, 2.24) is 0 Å². The van der Waals surface area contributed by atoms with E-state index in [-0.39, 0.29) is 12.1 Å². The zero-order valence-electron chi connectivity index (χ0n) is 10.4. The van der Waals surface area contributed by atoms with Gasteiger partial charge < -0.3 is 4.74 Å². The van der Waals surface area contributed by atoms with Gasteiger partial charge in [0.2, 0.25) is 0 Å². The number of benzene rings is 1. The molecule has 0 N–H and O–H groups in total. The molecule has 0 aliphatic heterocycles. The first-order valence-corrected chi connectivity index (χ1v) is 6.48. The minimum Gasteiger partial charge on any atom is -0.463 e. The summed E-state index contributed by atoms with van der Waals surface area (Å²) in [4.78, 5) is 11.0. The highest BCUT2D eigenvalue weighted by Gasteiger charge is 2.21. The van der Waals surface area contributed by atoms with Gasteiger partial charge in [-0.3, -0.25) is 4.79 Å². The fourth-order valence-corrected chi connectivity index (χ4v) is 2.68. The molecule has 2 atom stereocenters. The van der Waals surface area contributed by atoms with Gasteiger partial charge in [0.15, 0.2) is 0 Å². The van der Waals surface area contributed by atoms with Crippen molar-refractivity contribution in [3.63, 3.8) is 0 Å². The highest BCUT2D eigenvalue weighted by Crippen LogP contribution is 2.32. The van der Waals surface area contributed by atoms with Gasteiger partial charge in [0.1, 0.15) is 6.10 Å². The summed E-state index contributed by atoms with van der Waals surface area (Å²) >= 11 is 0. The van der Waals surface area contributed by atoms with E-state index in [1.54, 1.807) is 0 Å². The van der Waals surface area contributed by atoms with Gasteiger partial charge in [-0.05, 0) is 43.6 Å². The van der Waals surface area contributed by atoms with Crippen LogP contribution in [0.3, 0.4) is 0 Å². The fraction of sp³-hybridized carbons (Fsp3) is 0.533. The first-order chi connectivity index (χ1) is 8.25. The largest absolute Gasteiger partial charge is 0.463 e. The molecule has 1 aromatic rings. The molecule has 0 heterocycles. The van der Waals surface area contributed by atoms with Gasteiger partial charge in [-0.1, -0.05) is 30.3 Å². The molecule has 0 spiro atoms. The number of ether oxygens (including phenoxy) is 1. The lowest BCUT2D eigenvalue weighted by Crippen LogP contribution is -2.15. The Morgan fingerprint density at radius 3 is 2.59 bits per heavy atom. The Bertz CT molecular complexity index is 358. The number of hydrogen-bond acceptors (Lipinski definition) is 2. The van der Waals surface area contributed by atoms with Crippen LogP contribution < -0.4 is 0 Å². The van der Waals surface area contributed by atoms with Crippen LogP contribution in [0, 0.1) is 0 Å². The number of carbonyl (C=O) groups excluding carboxylic acids is 1. The highest BCUT2D eigenvalue weighted by molar-refractivity contribution is 5.66. The first kappa shape index (κ1) is 12.2. The van der Waals surface area contributed by atoms with Crippen molar-refractivity contribution in [3.8, 4) is 0 Å². The Morgan fingerprint density at radius 1 is 1.12 bits per heavy atom. The van der Waals surface area contributed by atoms with Crippen molar-refractivity contribution in [2.45, 2.75) is 51.0 Å².